The highest BCUT2D eigenvalue weighted by Gasteiger charge is 2.07. The van der Waals surface area contributed by atoms with Crippen molar-refractivity contribution >= 4 is 52.0 Å². The number of hydrogen-bond acceptors (Lipinski definition) is 3. The second-order valence-electron chi connectivity index (χ2n) is 4.51. The first kappa shape index (κ1) is 16.8. The van der Waals surface area contributed by atoms with E-state index in [1.165, 1.54) is 11.3 Å². The molecule has 1 aromatic heterocycles. The summed E-state index contributed by atoms with van der Waals surface area (Å²) >= 11 is 13.1. The van der Waals surface area contributed by atoms with Crippen molar-refractivity contribution in [1.29, 1.82) is 0 Å². The number of nitrogens with one attached hydrogen (secondary N) is 2. The first-order valence-electron chi connectivity index (χ1n) is 6.63. The van der Waals surface area contributed by atoms with Crippen LogP contribution in [0.4, 0.5) is 5.69 Å². The zero-order valence-electron chi connectivity index (χ0n) is 11.6. The maximum absolute atomic E-state index is 11.8. The lowest BCUT2D eigenvalue weighted by molar-refractivity contribution is -0.116. The molecule has 2 aromatic rings. The minimum atomic E-state index is -0.135. The second kappa shape index (κ2) is 8.17. The molecule has 0 unspecified atom stereocenters. The first-order valence-corrected chi connectivity index (χ1v) is 8.26. The van der Waals surface area contributed by atoms with Crippen LogP contribution in [0.1, 0.15) is 22.5 Å². The van der Waals surface area contributed by atoms with Gasteiger partial charge in [-0.15, -0.1) is 11.3 Å². The summed E-state index contributed by atoms with van der Waals surface area (Å²) in [6.07, 6.45) is 0.870. The molecule has 2 rings (SSSR count). The number of carbonyl (C=O) groups is 2. The van der Waals surface area contributed by atoms with Crippen molar-refractivity contribution in [2.45, 2.75) is 12.8 Å². The minimum Gasteiger partial charge on any atom is -0.351 e. The van der Waals surface area contributed by atoms with Gasteiger partial charge in [-0.3, -0.25) is 9.59 Å². The third-order valence-corrected chi connectivity index (χ3v) is 4.42. The van der Waals surface area contributed by atoms with Gasteiger partial charge in [0.2, 0.25) is 5.91 Å². The van der Waals surface area contributed by atoms with Crippen LogP contribution in [0.5, 0.6) is 0 Å². The van der Waals surface area contributed by atoms with Crippen LogP contribution in [-0.4, -0.2) is 18.4 Å². The fourth-order valence-electron chi connectivity index (χ4n) is 1.74. The zero-order chi connectivity index (χ0) is 15.9. The third-order valence-electron chi connectivity index (χ3n) is 2.81. The standard InChI is InChI=1S/C15H14Cl2N2O2S/c16-11-6-5-10(9-12(11)17)19-14(20)4-1-7-18-15(21)13-3-2-8-22-13/h2-3,5-6,8-9H,1,4,7H2,(H,18,21)(H,19,20). The molecule has 0 saturated carbocycles. The van der Waals surface area contributed by atoms with Crippen molar-refractivity contribution in [3.8, 4) is 0 Å². The van der Waals surface area contributed by atoms with E-state index in [2.05, 4.69) is 10.6 Å². The van der Waals surface area contributed by atoms with Crippen LogP contribution in [0.15, 0.2) is 35.7 Å². The Labute approximate surface area is 142 Å². The smallest absolute Gasteiger partial charge is 0.261 e. The topological polar surface area (TPSA) is 58.2 Å². The number of benzene rings is 1. The lowest BCUT2D eigenvalue weighted by atomic mass is 10.2. The Morgan fingerprint density at radius 3 is 2.64 bits per heavy atom. The third kappa shape index (κ3) is 5.02. The van der Waals surface area contributed by atoms with Gasteiger partial charge in [-0.25, -0.2) is 0 Å². The largest absolute Gasteiger partial charge is 0.351 e. The van der Waals surface area contributed by atoms with E-state index >= 15 is 0 Å². The molecular weight excluding hydrogens is 343 g/mol. The van der Waals surface area contributed by atoms with Crippen LogP contribution in [0.3, 0.4) is 0 Å². The van der Waals surface area contributed by atoms with Crippen LogP contribution < -0.4 is 10.6 Å². The Hall–Kier alpha value is -1.56. The fourth-order valence-corrected chi connectivity index (χ4v) is 2.68. The SMILES string of the molecule is O=C(CCCNC(=O)c1cccs1)Nc1ccc(Cl)c(Cl)c1. The number of hydrogen-bond donors (Lipinski definition) is 2. The molecule has 1 aromatic carbocycles. The average molecular weight is 357 g/mol. The van der Waals surface area contributed by atoms with Gasteiger partial charge in [-0.1, -0.05) is 29.3 Å². The zero-order valence-corrected chi connectivity index (χ0v) is 13.9. The quantitative estimate of drug-likeness (QED) is 0.761. The van der Waals surface area contributed by atoms with Crippen molar-refractivity contribution < 1.29 is 9.59 Å². The number of amides is 2. The van der Waals surface area contributed by atoms with Gasteiger partial charge in [-0.05, 0) is 36.1 Å². The molecule has 0 atom stereocenters. The molecule has 0 bridgehead atoms. The number of carbonyl (C=O) groups excluding carboxylic acids is 2. The van der Waals surface area contributed by atoms with Gasteiger partial charge in [0.1, 0.15) is 0 Å². The molecular formula is C15H14Cl2N2O2S. The van der Waals surface area contributed by atoms with Gasteiger partial charge in [-0.2, -0.15) is 0 Å². The van der Waals surface area contributed by atoms with Crippen molar-refractivity contribution in [3.63, 3.8) is 0 Å². The fraction of sp³-hybridized carbons (Fsp3) is 0.200. The molecule has 2 amide bonds. The number of halogens is 2. The second-order valence-corrected chi connectivity index (χ2v) is 6.28. The highest BCUT2D eigenvalue weighted by molar-refractivity contribution is 7.12. The summed E-state index contributed by atoms with van der Waals surface area (Å²) in [5, 5.41) is 8.19. The van der Waals surface area contributed by atoms with E-state index in [0.717, 1.165) is 0 Å². The van der Waals surface area contributed by atoms with Gasteiger partial charge in [0.05, 0.1) is 14.9 Å². The summed E-state index contributed by atoms with van der Waals surface area (Å²) in [6, 6.07) is 8.49. The highest BCUT2D eigenvalue weighted by atomic mass is 35.5. The van der Waals surface area contributed by atoms with Crippen molar-refractivity contribution in [2.75, 3.05) is 11.9 Å². The lowest BCUT2D eigenvalue weighted by Crippen LogP contribution is -2.24. The van der Waals surface area contributed by atoms with E-state index in [9.17, 15) is 9.59 Å². The Balaban J connectivity index is 1.69. The van der Waals surface area contributed by atoms with Crippen LogP contribution >= 0.6 is 34.5 Å². The van der Waals surface area contributed by atoms with Crippen molar-refractivity contribution in [2.24, 2.45) is 0 Å². The van der Waals surface area contributed by atoms with Crippen molar-refractivity contribution in [3.05, 3.63) is 50.6 Å². The molecule has 116 valence electrons. The molecule has 22 heavy (non-hydrogen) atoms. The molecule has 0 aliphatic rings. The molecule has 0 spiro atoms. The van der Waals surface area contributed by atoms with E-state index in [-0.39, 0.29) is 11.8 Å². The summed E-state index contributed by atoms with van der Waals surface area (Å²) in [4.78, 5) is 24.1. The molecule has 4 nitrogen and oxygen atoms in total. The summed E-state index contributed by atoms with van der Waals surface area (Å²) in [5.74, 6) is -0.247. The molecule has 0 aliphatic heterocycles. The van der Waals surface area contributed by atoms with E-state index in [1.54, 1.807) is 24.3 Å². The predicted molar refractivity (Wildman–Crippen MR) is 91.0 cm³/mol. The van der Waals surface area contributed by atoms with E-state index < -0.39 is 0 Å². The van der Waals surface area contributed by atoms with Gasteiger partial charge >= 0.3 is 0 Å². The number of anilines is 1. The lowest BCUT2D eigenvalue weighted by Gasteiger charge is -2.07. The normalized spacial score (nSPS) is 10.3. The Bertz CT molecular complexity index is 660. The molecule has 7 heteroatoms. The maximum Gasteiger partial charge on any atom is 0.261 e. The Kier molecular flexibility index (Phi) is 6.24. The summed E-state index contributed by atoms with van der Waals surface area (Å²) < 4.78 is 0. The molecule has 1 heterocycles. The summed E-state index contributed by atoms with van der Waals surface area (Å²) in [5.41, 5.74) is 0.599. The molecule has 0 saturated heterocycles. The maximum atomic E-state index is 11.8. The predicted octanol–water partition coefficient (Wildman–Crippen LogP) is 4.20. The van der Waals surface area contributed by atoms with Gasteiger partial charge in [0.25, 0.3) is 5.91 Å². The highest BCUT2D eigenvalue weighted by Crippen LogP contribution is 2.25. The van der Waals surface area contributed by atoms with E-state index in [4.69, 9.17) is 23.2 Å². The molecule has 0 aliphatic carbocycles. The van der Waals surface area contributed by atoms with E-state index in [0.29, 0.717) is 40.0 Å². The Morgan fingerprint density at radius 1 is 1.14 bits per heavy atom. The molecule has 0 fully saturated rings. The van der Waals surface area contributed by atoms with Crippen LogP contribution in [0.25, 0.3) is 0 Å². The number of rotatable bonds is 6. The van der Waals surface area contributed by atoms with Crippen LogP contribution in [0, 0.1) is 0 Å². The molecule has 2 N–H and O–H groups in total. The van der Waals surface area contributed by atoms with E-state index in [1.807, 2.05) is 11.4 Å². The Morgan fingerprint density at radius 2 is 1.95 bits per heavy atom. The average Bonchev–Trinajstić information content (AvgIpc) is 3.01. The minimum absolute atomic E-state index is 0.111. The first-order chi connectivity index (χ1) is 10.6. The monoisotopic (exact) mass is 356 g/mol. The summed E-state index contributed by atoms with van der Waals surface area (Å²) in [7, 11) is 0. The molecule has 0 radical (unpaired) electrons. The number of thiophene rings is 1. The van der Waals surface area contributed by atoms with Crippen LogP contribution in [0.2, 0.25) is 10.0 Å². The van der Waals surface area contributed by atoms with Crippen LogP contribution in [-0.2, 0) is 4.79 Å². The van der Waals surface area contributed by atoms with Gasteiger partial charge in [0, 0.05) is 18.7 Å². The van der Waals surface area contributed by atoms with Gasteiger partial charge < -0.3 is 10.6 Å². The van der Waals surface area contributed by atoms with Gasteiger partial charge in [0.15, 0.2) is 0 Å². The van der Waals surface area contributed by atoms with Crippen molar-refractivity contribution in [1.82, 2.24) is 5.32 Å². The summed E-state index contributed by atoms with van der Waals surface area (Å²) in [6.45, 7) is 0.450.